The van der Waals surface area contributed by atoms with Gasteiger partial charge in [-0.15, -0.1) is 5.10 Å². The van der Waals surface area contributed by atoms with Crippen molar-refractivity contribution in [3.63, 3.8) is 0 Å². The van der Waals surface area contributed by atoms with Gasteiger partial charge in [-0.05, 0) is 25.3 Å². The third-order valence-corrected chi connectivity index (χ3v) is 5.63. The number of ether oxygens (including phenoxy) is 1. The molecule has 4 rings (SSSR count). The molecule has 5 nitrogen and oxygen atoms in total. The molecule has 0 N–H and O–H groups in total. The number of aryl methyl sites for hydroxylation is 1. The van der Waals surface area contributed by atoms with Gasteiger partial charge in [0.15, 0.2) is 0 Å². The largest absolute Gasteiger partial charge is 0.459 e. The first kappa shape index (κ1) is 19.4. The van der Waals surface area contributed by atoms with E-state index in [1.165, 1.54) is 12.0 Å². The Morgan fingerprint density at radius 1 is 1.03 bits per heavy atom. The van der Waals surface area contributed by atoms with Gasteiger partial charge in [0.25, 0.3) is 0 Å². The molecule has 150 valence electrons. The maximum absolute atomic E-state index is 12.6. The minimum atomic E-state index is -0.0907. The number of benzene rings is 2. The Bertz CT molecular complexity index is 942. The zero-order chi connectivity index (χ0) is 20.1. The van der Waals surface area contributed by atoms with Crippen LogP contribution >= 0.6 is 0 Å². The van der Waals surface area contributed by atoms with Gasteiger partial charge in [0.2, 0.25) is 0 Å². The summed E-state index contributed by atoms with van der Waals surface area (Å²) in [6.07, 6.45) is 5.31. The van der Waals surface area contributed by atoms with Gasteiger partial charge in [0.1, 0.15) is 18.0 Å². The molecular formula is C24H27N3O2. The Hall–Kier alpha value is -2.95. The molecule has 3 aromatic rings. The van der Waals surface area contributed by atoms with Crippen molar-refractivity contribution in [2.24, 2.45) is 5.92 Å². The normalized spacial score (nSPS) is 14.7. The summed E-state index contributed by atoms with van der Waals surface area (Å²) in [7, 11) is 0. The number of hydrogen-bond donors (Lipinski definition) is 0. The van der Waals surface area contributed by atoms with Crippen LogP contribution in [0.3, 0.4) is 0 Å². The topological polar surface area (TPSA) is 57.0 Å². The lowest BCUT2D eigenvalue weighted by Crippen LogP contribution is -2.21. The van der Waals surface area contributed by atoms with E-state index in [-0.39, 0.29) is 18.5 Å². The zero-order valence-corrected chi connectivity index (χ0v) is 16.9. The Morgan fingerprint density at radius 3 is 2.48 bits per heavy atom. The van der Waals surface area contributed by atoms with E-state index in [0.717, 1.165) is 48.2 Å². The van der Waals surface area contributed by atoms with E-state index in [9.17, 15) is 4.79 Å². The fraction of sp³-hybridized carbons (Fsp3) is 0.375. The van der Waals surface area contributed by atoms with Crippen molar-refractivity contribution in [1.29, 1.82) is 0 Å². The predicted octanol–water partition coefficient (Wildman–Crippen LogP) is 4.93. The van der Waals surface area contributed by atoms with Crippen LogP contribution in [0.2, 0.25) is 0 Å². The van der Waals surface area contributed by atoms with Crippen LogP contribution in [0.5, 0.6) is 0 Å². The molecule has 0 saturated heterocycles. The predicted molar refractivity (Wildman–Crippen MR) is 112 cm³/mol. The van der Waals surface area contributed by atoms with Gasteiger partial charge in [-0.2, -0.15) is 0 Å². The van der Waals surface area contributed by atoms with Crippen LogP contribution in [0.1, 0.15) is 48.9 Å². The molecule has 1 saturated carbocycles. The highest BCUT2D eigenvalue weighted by Crippen LogP contribution is 2.27. The van der Waals surface area contributed by atoms with Crippen molar-refractivity contribution in [1.82, 2.24) is 15.0 Å². The molecule has 1 aliphatic rings. The summed E-state index contributed by atoms with van der Waals surface area (Å²) in [5.41, 5.74) is 4.92. The maximum atomic E-state index is 12.6. The van der Waals surface area contributed by atoms with Gasteiger partial charge < -0.3 is 4.74 Å². The van der Waals surface area contributed by atoms with Crippen molar-refractivity contribution in [2.45, 2.75) is 52.2 Å². The van der Waals surface area contributed by atoms with Gasteiger partial charge in [-0.3, -0.25) is 4.79 Å². The Balaban J connectivity index is 1.58. The van der Waals surface area contributed by atoms with Crippen LogP contribution in [0.25, 0.3) is 11.3 Å². The van der Waals surface area contributed by atoms with E-state index in [4.69, 9.17) is 4.74 Å². The first-order valence-corrected chi connectivity index (χ1v) is 10.4. The van der Waals surface area contributed by atoms with Crippen molar-refractivity contribution in [3.05, 3.63) is 71.4 Å². The van der Waals surface area contributed by atoms with Crippen LogP contribution in [-0.4, -0.2) is 21.0 Å². The second-order valence-electron chi connectivity index (χ2n) is 7.84. The van der Waals surface area contributed by atoms with E-state index in [0.29, 0.717) is 6.54 Å². The van der Waals surface area contributed by atoms with E-state index >= 15 is 0 Å². The molecule has 0 radical (unpaired) electrons. The summed E-state index contributed by atoms with van der Waals surface area (Å²) >= 11 is 0. The van der Waals surface area contributed by atoms with Crippen molar-refractivity contribution in [3.8, 4) is 11.3 Å². The van der Waals surface area contributed by atoms with Crippen molar-refractivity contribution in [2.75, 3.05) is 0 Å². The smallest absolute Gasteiger partial charge is 0.309 e. The second-order valence-corrected chi connectivity index (χ2v) is 7.84. The third kappa shape index (κ3) is 4.73. The number of nitrogens with zero attached hydrogens (tertiary/aromatic N) is 3. The van der Waals surface area contributed by atoms with E-state index in [2.05, 4.69) is 41.5 Å². The third-order valence-electron chi connectivity index (χ3n) is 5.63. The highest BCUT2D eigenvalue weighted by molar-refractivity contribution is 5.72. The average Bonchev–Trinajstić information content (AvgIpc) is 3.16. The molecule has 1 aliphatic carbocycles. The average molecular weight is 389 g/mol. The van der Waals surface area contributed by atoms with Crippen molar-refractivity contribution < 1.29 is 9.53 Å². The summed E-state index contributed by atoms with van der Waals surface area (Å²) in [4.78, 5) is 12.6. The number of aromatic nitrogens is 3. The Kier molecular flexibility index (Phi) is 6.03. The van der Waals surface area contributed by atoms with Gasteiger partial charge in [0.05, 0.1) is 12.5 Å². The van der Waals surface area contributed by atoms with Gasteiger partial charge in [0, 0.05) is 5.56 Å². The molecule has 0 bridgehead atoms. The molecule has 1 aromatic heterocycles. The monoisotopic (exact) mass is 389 g/mol. The summed E-state index contributed by atoms with van der Waals surface area (Å²) in [6, 6.07) is 18.3. The highest BCUT2D eigenvalue weighted by Gasteiger charge is 2.24. The fourth-order valence-electron chi connectivity index (χ4n) is 3.89. The molecule has 29 heavy (non-hydrogen) atoms. The minimum absolute atomic E-state index is 0.0324. The van der Waals surface area contributed by atoms with E-state index in [1.807, 2.05) is 35.0 Å². The molecule has 0 spiro atoms. The van der Waals surface area contributed by atoms with Gasteiger partial charge in [-0.1, -0.05) is 84.6 Å². The molecule has 0 aliphatic heterocycles. The zero-order valence-electron chi connectivity index (χ0n) is 16.9. The van der Waals surface area contributed by atoms with Crippen LogP contribution in [0.4, 0.5) is 0 Å². The second kappa shape index (κ2) is 9.03. The maximum Gasteiger partial charge on any atom is 0.309 e. The summed E-state index contributed by atoms with van der Waals surface area (Å²) in [6.45, 7) is 2.84. The lowest BCUT2D eigenvalue weighted by Gasteiger charge is -2.20. The first-order chi connectivity index (χ1) is 14.2. The van der Waals surface area contributed by atoms with Gasteiger partial charge in [-0.25, -0.2) is 4.68 Å². The lowest BCUT2D eigenvalue weighted by atomic mass is 9.89. The van der Waals surface area contributed by atoms with Crippen LogP contribution in [0, 0.1) is 12.8 Å². The summed E-state index contributed by atoms with van der Waals surface area (Å²) in [5.74, 6) is -0.0583. The SMILES string of the molecule is Cc1ccc(-c2nnn(Cc3ccccc3)c2COC(=O)C2CCCCC2)cc1. The van der Waals surface area contributed by atoms with E-state index in [1.54, 1.807) is 0 Å². The van der Waals surface area contributed by atoms with Crippen LogP contribution < -0.4 is 0 Å². The number of carbonyl (C=O) groups is 1. The molecule has 2 aromatic carbocycles. The molecule has 5 heteroatoms. The molecule has 0 amide bonds. The lowest BCUT2D eigenvalue weighted by molar-refractivity contribution is -0.151. The van der Waals surface area contributed by atoms with Crippen LogP contribution in [-0.2, 0) is 22.7 Å². The van der Waals surface area contributed by atoms with Crippen LogP contribution in [0.15, 0.2) is 54.6 Å². The Morgan fingerprint density at radius 2 is 1.76 bits per heavy atom. The molecular weight excluding hydrogens is 362 g/mol. The first-order valence-electron chi connectivity index (χ1n) is 10.4. The standard InChI is InChI=1S/C24H27N3O2/c1-18-12-14-20(15-13-18)23-22(17-29-24(28)21-10-6-3-7-11-21)27(26-25-23)16-19-8-4-2-5-9-19/h2,4-5,8-9,12-15,21H,3,6-7,10-11,16-17H2,1H3. The number of esters is 1. The highest BCUT2D eigenvalue weighted by atomic mass is 16.5. The number of hydrogen-bond acceptors (Lipinski definition) is 4. The number of carbonyl (C=O) groups excluding carboxylic acids is 1. The molecule has 0 unspecified atom stereocenters. The summed E-state index contributed by atoms with van der Waals surface area (Å²) < 4.78 is 7.60. The van der Waals surface area contributed by atoms with E-state index < -0.39 is 0 Å². The molecule has 1 heterocycles. The minimum Gasteiger partial charge on any atom is -0.459 e. The molecule has 0 atom stereocenters. The molecule has 1 fully saturated rings. The quantitative estimate of drug-likeness (QED) is 0.561. The van der Waals surface area contributed by atoms with Crippen molar-refractivity contribution >= 4 is 5.97 Å². The Labute approximate surface area is 171 Å². The van der Waals surface area contributed by atoms with Gasteiger partial charge >= 0.3 is 5.97 Å². The fourth-order valence-corrected chi connectivity index (χ4v) is 3.89. The number of rotatable bonds is 6. The summed E-state index contributed by atoms with van der Waals surface area (Å²) in [5, 5.41) is 8.80.